The molecule has 0 saturated heterocycles. The number of fused-ring (bicyclic) bond motifs is 1. The zero-order valence-electron chi connectivity index (χ0n) is 8.47. The summed E-state index contributed by atoms with van der Waals surface area (Å²) in [5.41, 5.74) is 2.62. The highest BCUT2D eigenvalue weighted by molar-refractivity contribution is 5.58. The van der Waals surface area contributed by atoms with Crippen molar-refractivity contribution in [1.29, 1.82) is 0 Å². The molecule has 0 unspecified atom stereocenters. The zero-order chi connectivity index (χ0) is 9.80. The van der Waals surface area contributed by atoms with E-state index in [4.69, 9.17) is 4.74 Å². The molecule has 0 bridgehead atoms. The lowest BCUT2D eigenvalue weighted by atomic mass is 10.1. The zero-order valence-corrected chi connectivity index (χ0v) is 8.47. The Balaban J connectivity index is 1.98. The van der Waals surface area contributed by atoms with E-state index in [0.29, 0.717) is 0 Å². The number of rotatable bonds is 4. The Morgan fingerprint density at radius 1 is 1.50 bits per heavy atom. The van der Waals surface area contributed by atoms with Gasteiger partial charge in [-0.2, -0.15) is 0 Å². The standard InChI is InChI=1S/C11H16N2O/c1-12-6-7-14-10-3-2-9-4-5-13-11(9)8-10/h2-3,8,12-13H,4-7H2,1H3. The van der Waals surface area contributed by atoms with E-state index in [2.05, 4.69) is 22.8 Å². The molecule has 1 aliphatic rings. The second-order valence-electron chi connectivity index (χ2n) is 3.45. The van der Waals surface area contributed by atoms with E-state index in [1.165, 1.54) is 11.3 Å². The van der Waals surface area contributed by atoms with E-state index >= 15 is 0 Å². The summed E-state index contributed by atoms with van der Waals surface area (Å²) in [7, 11) is 1.92. The second kappa shape index (κ2) is 4.33. The van der Waals surface area contributed by atoms with Gasteiger partial charge in [-0.05, 0) is 25.1 Å². The molecule has 1 aromatic rings. The summed E-state index contributed by atoms with van der Waals surface area (Å²) in [4.78, 5) is 0. The summed E-state index contributed by atoms with van der Waals surface area (Å²) in [5.74, 6) is 0.952. The van der Waals surface area contributed by atoms with Crippen LogP contribution < -0.4 is 15.4 Å². The van der Waals surface area contributed by atoms with Crippen LogP contribution in [-0.2, 0) is 6.42 Å². The third-order valence-electron chi connectivity index (χ3n) is 2.41. The molecule has 0 saturated carbocycles. The highest BCUT2D eigenvalue weighted by Gasteiger charge is 2.09. The van der Waals surface area contributed by atoms with Gasteiger partial charge in [0.1, 0.15) is 12.4 Å². The number of nitrogens with one attached hydrogen (secondary N) is 2. The monoisotopic (exact) mass is 192 g/mol. The lowest BCUT2D eigenvalue weighted by Crippen LogP contribution is -2.15. The molecule has 0 spiro atoms. The van der Waals surface area contributed by atoms with E-state index in [1.807, 2.05) is 13.1 Å². The van der Waals surface area contributed by atoms with Crippen molar-refractivity contribution in [3.8, 4) is 5.75 Å². The Morgan fingerprint density at radius 2 is 2.43 bits per heavy atom. The number of ether oxygens (including phenoxy) is 1. The van der Waals surface area contributed by atoms with Gasteiger partial charge < -0.3 is 15.4 Å². The number of benzene rings is 1. The molecule has 76 valence electrons. The summed E-state index contributed by atoms with van der Waals surface area (Å²) in [6.07, 6.45) is 1.13. The first-order chi connectivity index (χ1) is 6.90. The van der Waals surface area contributed by atoms with Crippen molar-refractivity contribution in [3.63, 3.8) is 0 Å². The summed E-state index contributed by atoms with van der Waals surface area (Å²) in [6.45, 7) is 2.65. The molecule has 1 aromatic carbocycles. The van der Waals surface area contributed by atoms with Gasteiger partial charge in [-0.25, -0.2) is 0 Å². The maximum Gasteiger partial charge on any atom is 0.121 e. The highest BCUT2D eigenvalue weighted by atomic mass is 16.5. The van der Waals surface area contributed by atoms with Crippen LogP contribution in [0.4, 0.5) is 5.69 Å². The van der Waals surface area contributed by atoms with Crippen molar-refractivity contribution >= 4 is 5.69 Å². The largest absolute Gasteiger partial charge is 0.492 e. The average molecular weight is 192 g/mol. The van der Waals surface area contributed by atoms with Gasteiger partial charge in [0.15, 0.2) is 0 Å². The van der Waals surface area contributed by atoms with Gasteiger partial charge in [0.2, 0.25) is 0 Å². The second-order valence-corrected chi connectivity index (χ2v) is 3.45. The number of likely N-dealkylation sites (N-methyl/N-ethyl adjacent to an activating group) is 1. The van der Waals surface area contributed by atoms with Crippen LogP contribution in [0.15, 0.2) is 18.2 Å². The first kappa shape index (κ1) is 9.34. The van der Waals surface area contributed by atoms with Gasteiger partial charge in [-0.15, -0.1) is 0 Å². The molecule has 0 aromatic heterocycles. The average Bonchev–Trinajstić information content (AvgIpc) is 2.65. The van der Waals surface area contributed by atoms with Crippen LogP contribution in [0.1, 0.15) is 5.56 Å². The van der Waals surface area contributed by atoms with Gasteiger partial charge in [-0.1, -0.05) is 6.07 Å². The van der Waals surface area contributed by atoms with E-state index in [1.54, 1.807) is 0 Å². The number of hydrogen-bond acceptors (Lipinski definition) is 3. The van der Waals surface area contributed by atoms with Crippen molar-refractivity contribution in [3.05, 3.63) is 23.8 Å². The van der Waals surface area contributed by atoms with Crippen LogP contribution >= 0.6 is 0 Å². The van der Waals surface area contributed by atoms with Crippen molar-refractivity contribution in [2.45, 2.75) is 6.42 Å². The van der Waals surface area contributed by atoms with Gasteiger partial charge in [0, 0.05) is 24.8 Å². The number of hydrogen-bond donors (Lipinski definition) is 2. The van der Waals surface area contributed by atoms with Crippen molar-refractivity contribution in [1.82, 2.24) is 5.32 Å². The Hall–Kier alpha value is -1.22. The fraction of sp³-hybridized carbons (Fsp3) is 0.455. The van der Waals surface area contributed by atoms with Crippen LogP contribution in [-0.4, -0.2) is 26.7 Å². The quantitative estimate of drug-likeness (QED) is 0.704. The fourth-order valence-electron chi connectivity index (χ4n) is 1.63. The Bertz CT molecular complexity index is 312. The molecule has 1 heterocycles. The molecule has 0 amide bonds. The van der Waals surface area contributed by atoms with E-state index in [0.717, 1.165) is 31.9 Å². The van der Waals surface area contributed by atoms with Crippen LogP contribution in [0.25, 0.3) is 0 Å². The summed E-state index contributed by atoms with van der Waals surface area (Å²) in [5, 5.41) is 6.38. The fourth-order valence-corrected chi connectivity index (χ4v) is 1.63. The minimum Gasteiger partial charge on any atom is -0.492 e. The van der Waals surface area contributed by atoms with Crippen LogP contribution in [0.5, 0.6) is 5.75 Å². The molecular formula is C11H16N2O. The molecule has 2 N–H and O–H groups in total. The Morgan fingerprint density at radius 3 is 3.29 bits per heavy atom. The van der Waals surface area contributed by atoms with Gasteiger partial charge in [0.05, 0.1) is 0 Å². The minimum atomic E-state index is 0.718. The summed E-state index contributed by atoms with van der Waals surface area (Å²) < 4.78 is 5.57. The molecule has 3 heteroatoms. The van der Waals surface area contributed by atoms with Gasteiger partial charge in [0.25, 0.3) is 0 Å². The first-order valence-electron chi connectivity index (χ1n) is 5.04. The van der Waals surface area contributed by atoms with E-state index in [-0.39, 0.29) is 0 Å². The Kier molecular flexibility index (Phi) is 2.89. The predicted octanol–water partition coefficient (Wildman–Crippen LogP) is 1.25. The maximum atomic E-state index is 5.57. The molecule has 2 rings (SSSR count). The van der Waals surface area contributed by atoms with Gasteiger partial charge >= 0.3 is 0 Å². The third-order valence-corrected chi connectivity index (χ3v) is 2.41. The smallest absolute Gasteiger partial charge is 0.121 e. The van der Waals surface area contributed by atoms with Crippen LogP contribution in [0, 0.1) is 0 Å². The summed E-state index contributed by atoms with van der Waals surface area (Å²) in [6, 6.07) is 6.27. The van der Waals surface area contributed by atoms with E-state index < -0.39 is 0 Å². The van der Waals surface area contributed by atoms with Crippen molar-refractivity contribution < 1.29 is 4.74 Å². The molecule has 0 atom stereocenters. The third kappa shape index (κ3) is 1.99. The van der Waals surface area contributed by atoms with Gasteiger partial charge in [-0.3, -0.25) is 0 Å². The minimum absolute atomic E-state index is 0.718. The predicted molar refractivity (Wildman–Crippen MR) is 58.1 cm³/mol. The molecular weight excluding hydrogens is 176 g/mol. The molecule has 0 fully saturated rings. The molecule has 14 heavy (non-hydrogen) atoms. The van der Waals surface area contributed by atoms with E-state index in [9.17, 15) is 0 Å². The molecule has 1 aliphatic heterocycles. The summed E-state index contributed by atoms with van der Waals surface area (Å²) >= 11 is 0. The highest BCUT2D eigenvalue weighted by Crippen LogP contribution is 2.26. The Labute approximate surface area is 84.5 Å². The number of anilines is 1. The SMILES string of the molecule is CNCCOc1ccc2c(c1)NCC2. The topological polar surface area (TPSA) is 33.3 Å². The normalized spacial score (nSPS) is 13.5. The lowest BCUT2D eigenvalue weighted by molar-refractivity contribution is 0.318. The van der Waals surface area contributed by atoms with Crippen LogP contribution in [0.3, 0.4) is 0 Å². The van der Waals surface area contributed by atoms with Crippen molar-refractivity contribution in [2.75, 3.05) is 32.1 Å². The molecule has 0 aliphatic carbocycles. The maximum absolute atomic E-state index is 5.57. The van der Waals surface area contributed by atoms with Crippen molar-refractivity contribution in [2.24, 2.45) is 0 Å². The van der Waals surface area contributed by atoms with Crippen LogP contribution in [0.2, 0.25) is 0 Å². The lowest BCUT2D eigenvalue weighted by Gasteiger charge is -2.07. The molecule has 0 radical (unpaired) electrons. The molecule has 3 nitrogen and oxygen atoms in total. The first-order valence-corrected chi connectivity index (χ1v) is 5.04.